The molecule has 17 heavy (non-hydrogen) atoms. The van der Waals surface area contributed by atoms with Crippen LogP contribution in [0, 0.1) is 17.2 Å². The van der Waals surface area contributed by atoms with E-state index in [1.165, 1.54) is 6.20 Å². The summed E-state index contributed by atoms with van der Waals surface area (Å²) >= 11 is 6.04. The van der Waals surface area contributed by atoms with E-state index in [2.05, 4.69) is 21.5 Å². The zero-order valence-corrected chi connectivity index (χ0v) is 10.6. The number of nitrogens with zero attached hydrogens (tertiary/aromatic N) is 4. The number of halogens is 1. The second kappa shape index (κ2) is 6.23. The molecule has 3 N–H and O–H groups in total. The average Bonchev–Trinajstić information content (AvgIpc) is 2.36. The number of rotatable bonds is 5. The van der Waals surface area contributed by atoms with Crippen molar-refractivity contribution >= 4 is 23.4 Å². The number of anilines is 2. The smallest absolute Gasteiger partial charge is 0.239 e. The van der Waals surface area contributed by atoms with Crippen LogP contribution >= 0.6 is 11.6 Å². The van der Waals surface area contributed by atoms with Gasteiger partial charge in [-0.05, 0) is 13.8 Å². The highest BCUT2D eigenvalue weighted by Gasteiger charge is 2.14. The van der Waals surface area contributed by atoms with Crippen LogP contribution in [0.5, 0.6) is 0 Å². The Morgan fingerprint density at radius 2 is 2.41 bits per heavy atom. The fourth-order valence-corrected chi connectivity index (χ4v) is 1.60. The van der Waals surface area contributed by atoms with Crippen molar-refractivity contribution in [3.8, 4) is 6.07 Å². The van der Waals surface area contributed by atoms with E-state index in [9.17, 15) is 0 Å². The molecule has 7 heteroatoms. The predicted octanol–water partition coefficient (Wildman–Crippen LogP) is 1.40. The number of nitrogens with one attached hydrogen (secondary N) is 1. The minimum atomic E-state index is -0.102. The van der Waals surface area contributed by atoms with Gasteiger partial charge in [-0.3, -0.25) is 5.43 Å². The van der Waals surface area contributed by atoms with Gasteiger partial charge in [0, 0.05) is 13.1 Å². The maximum atomic E-state index is 8.82. The molecule has 6 nitrogen and oxygen atoms in total. The van der Waals surface area contributed by atoms with Gasteiger partial charge in [0.15, 0.2) is 5.82 Å². The quantitative estimate of drug-likeness (QED) is 0.610. The van der Waals surface area contributed by atoms with E-state index in [0.29, 0.717) is 29.9 Å². The molecule has 0 aliphatic heterocycles. The van der Waals surface area contributed by atoms with Crippen LogP contribution < -0.4 is 16.2 Å². The van der Waals surface area contributed by atoms with Crippen molar-refractivity contribution < 1.29 is 0 Å². The van der Waals surface area contributed by atoms with E-state index in [-0.39, 0.29) is 5.92 Å². The third-order valence-electron chi connectivity index (χ3n) is 2.25. The maximum absolute atomic E-state index is 8.82. The van der Waals surface area contributed by atoms with Crippen molar-refractivity contribution in [1.82, 2.24) is 9.97 Å². The molecule has 0 aliphatic carbocycles. The highest BCUT2D eigenvalue weighted by atomic mass is 35.5. The van der Waals surface area contributed by atoms with Gasteiger partial charge in [0.25, 0.3) is 0 Å². The zero-order valence-electron chi connectivity index (χ0n) is 9.81. The van der Waals surface area contributed by atoms with Crippen LogP contribution in [0.4, 0.5) is 11.8 Å². The number of nitrogen functional groups attached to an aromatic ring is 1. The highest BCUT2D eigenvalue weighted by molar-refractivity contribution is 6.32. The summed E-state index contributed by atoms with van der Waals surface area (Å²) in [4.78, 5) is 10.0. The second-order valence-electron chi connectivity index (χ2n) is 3.58. The van der Waals surface area contributed by atoms with Crippen LogP contribution in [-0.4, -0.2) is 23.1 Å². The maximum Gasteiger partial charge on any atom is 0.239 e. The summed E-state index contributed by atoms with van der Waals surface area (Å²) in [5, 5.41) is 9.26. The standard InChI is InChI=1S/C10H15ClN6/c1-3-17(6-7(2)4-12)9-8(11)5-14-10(15-9)16-13/h5,7H,3,6,13H2,1-2H3,(H,14,15,16). The third kappa shape index (κ3) is 3.44. The number of aromatic nitrogens is 2. The van der Waals surface area contributed by atoms with Gasteiger partial charge in [-0.2, -0.15) is 10.2 Å². The van der Waals surface area contributed by atoms with Gasteiger partial charge in [-0.15, -0.1) is 0 Å². The van der Waals surface area contributed by atoms with Gasteiger partial charge in [-0.1, -0.05) is 11.6 Å². The molecule has 0 radical (unpaired) electrons. The molecule has 1 aromatic rings. The lowest BCUT2D eigenvalue weighted by Gasteiger charge is -2.24. The Labute approximate surface area is 105 Å². The lowest BCUT2D eigenvalue weighted by Crippen LogP contribution is -2.29. The Kier molecular flexibility index (Phi) is 4.94. The zero-order chi connectivity index (χ0) is 12.8. The summed E-state index contributed by atoms with van der Waals surface area (Å²) in [5.41, 5.74) is 2.37. The summed E-state index contributed by atoms with van der Waals surface area (Å²) in [6, 6.07) is 2.18. The molecule has 0 bridgehead atoms. The lowest BCUT2D eigenvalue weighted by molar-refractivity contribution is 0.679. The van der Waals surface area contributed by atoms with Crippen LogP contribution in [-0.2, 0) is 0 Å². The molecule has 92 valence electrons. The minimum Gasteiger partial charge on any atom is -0.354 e. The number of hydrazine groups is 1. The molecule has 0 spiro atoms. The molecular weight excluding hydrogens is 240 g/mol. The molecule has 1 heterocycles. The second-order valence-corrected chi connectivity index (χ2v) is 3.99. The van der Waals surface area contributed by atoms with Gasteiger partial charge < -0.3 is 4.90 Å². The molecule has 0 aliphatic rings. The average molecular weight is 255 g/mol. The number of nitrogens with two attached hydrogens (primary N) is 1. The Bertz CT molecular complexity index is 416. The van der Waals surface area contributed by atoms with Crippen molar-refractivity contribution in [2.75, 3.05) is 23.4 Å². The molecule has 1 unspecified atom stereocenters. The summed E-state index contributed by atoms with van der Waals surface area (Å²) in [7, 11) is 0. The normalized spacial score (nSPS) is 11.7. The van der Waals surface area contributed by atoms with Gasteiger partial charge in [0.1, 0.15) is 5.02 Å². The molecular formula is C10H15ClN6. The number of hydrogen-bond acceptors (Lipinski definition) is 6. The fraction of sp³-hybridized carbons (Fsp3) is 0.500. The largest absolute Gasteiger partial charge is 0.354 e. The first-order chi connectivity index (χ1) is 8.12. The van der Waals surface area contributed by atoms with Crippen molar-refractivity contribution in [2.45, 2.75) is 13.8 Å². The van der Waals surface area contributed by atoms with Gasteiger partial charge in [-0.25, -0.2) is 10.8 Å². The Morgan fingerprint density at radius 3 is 2.94 bits per heavy atom. The van der Waals surface area contributed by atoms with E-state index in [1.807, 2.05) is 18.7 Å². The monoisotopic (exact) mass is 254 g/mol. The van der Waals surface area contributed by atoms with Crippen molar-refractivity contribution in [2.24, 2.45) is 11.8 Å². The van der Waals surface area contributed by atoms with Crippen LogP contribution in [0.1, 0.15) is 13.8 Å². The molecule has 1 aromatic heterocycles. The molecule has 0 saturated heterocycles. The molecule has 1 atom stereocenters. The highest BCUT2D eigenvalue weighted by Crippen LogP contribution is 2.24. The van der Waals surface area contributed by atoms with E-state index in [1.54, 1.807) is 0 Å². The first kappa shape index (κ1) is 13.5. The van der Waals surface area contributed by atoms with E-state index in [0.717, 1.165) is 0 Å². The van der Waals surface area contributed by atoms with Gasteiger partial charge in [0.05, 0.1) is 18.2 Å². The van der Waals surface area contributed by atoms with Gasteiger partial charge in [0.2, 0.25) is 5.95 Å². The third-order valence-corrected chi connectivity index (χ3v) is 2.52. The Balaban J connectivity index is 2.98. The fourth-order valence-electron chi connectivity index (χ4n) is 1.39. The Morgan fingerprint density at radius 1 is 1.71 bits per heavy atom. The molecule has 0 saturated carbocycles. The van der Waals surface area contributed by atoms with Gasteiger partial charge >= 0.3 is 0 Å². The minimum absolute atomic E-state index is 0.102. The SMILES string of the molecule is CCN(CC(C)C#N)c1nc(NN)ncc1Cl. The van der Waals surface area contributed by atoms with E-state index in [4.69, 9.17) is 22.7 Å². The summed E-state index contributed by atoms with van der Waals surface area (Å²) in [5.74, 6) is 6.03. The topological polar surface area (TPSA) is 90.9 Å². The van der Waals surface area contributed by atoms with Crippen molar-refractivity contribution in [1.29, 1.82) is 5.26 Å². The van der Waals surface area contributed by atoms with Crippen LogP contribution in [0.2, 0.25) is 5.02 Å². The number of hydrogen-bond donors (Lipinski definition) is 2. The summed E-state index contributed by atoms with van der Waals surface area (Å²) in [6.07, 6.45) is 1.48. The van der Waals surface area contributed by atoms with E-state index >= 15 is 0 Å². The molecule has 0 amide bonds. The van der Waals surface area contributed by atoms with Crippen molar-refractivity contribution in [3.63, 3.8) is 0 Å². The Hall–Kier alpha value is -1.58. The summed E-state index contributed by atoms with van der Waals surface area (Å²) in [6.45, 7) is 5.08. The predicted molar refractivity (Wildman–Crippen MR) is 67.5 cm³/mol. The number of nitriles is 1. The van der Waals surface area contributed by atoms with E-state index < -0.39 is 0 Å². The molecule has 1 rings (SSSR count). The first-order valence-corrected chi connectivity index (χ1v) is 5.63. The van der Waals surface area contributed by atoms with Crippen molar-refractivity contribution in [3.05, 3.63) is 11.2 Å². The lowest BCUT2D eigenvalue weighted by atomic mass is 10.2. The summed E-state index contributed by atoms with van der Waals surface area (Å²) < 4.78 is 0. The molecule has 0 fully saturated rings. The first-order valence-electron chi connectivity index (χ1n) is 5.26. The van der Waals surface area contributed by atoms with Crippen LogP contribution in [0.15, 0.2) is 6.20 Å². The van der Waals surface area contributed by atoms with Crippen LogP contribution in [0.25, 0.3) is 0 Å². The molecule has 0 aromatic carbocycles. The van der Waals surface area contributed by atoms with Crippen LogP contribution in [0.3, 0.4) is 0 Å².